The SMILES string of the molecule is CC(C)[Si](C1=CCCCCC1)(C(C)C)C(C)C. The molecule has 0 bridgehead atoms. The van der Waals surface area contributed by atoms with Gasteiger partial charge in [0.2, 0.25) is 0 Å². The van der Waals surface area contributed by atoms with Crippen LogP contribution < -0.4 is 0 Å². The summed E-state index contributed by atoms with van der Waals surface area (Å²) in [7, 11) is -1.30. The molecule has 0 radical (unpaired) electrons. The zero-order chi connectivity index (χ0) is 13.1. The van der Waals surface area contributed by atoms with Gasteiger partial charge in [-0.05, 0) is 42.3 Å². The minimum Gasteiger partial charge on any atom is -0.0891 e. The van der Waals surface area contributed by atoms with Crippen LogP contribution in [0.3, 0.4) is 0 Å². The van der Waals surface area contributed by atoms with Crippen molar-refractivity contribution in [1.82, 2.24) is 0 Å². The highest BCUT2D eigenvalue weighted by atomic mass is 28.3. The summed E-state index contributed by atoms with van der Waals surface area (Å²) in [5, 5.41) is 1.91. The molecule has 1 heteroatoms. The number of allylic oxidation sites excluding steroid dienone is 2. The Labute approximate surface area is 110 Å². The van der Waals surface area contributed by atoms with Crippen LogP contribution in [0, 0.1) is 0 Å². The van der Waals surface area contributed by atoms with Gasteiger partial charge in [-0.25, -0.2) is 0 Å². The maximum atomic E-state index is 2.65. The Morgan fingerprint density at radius 1 is 0.824 bits per heavy atom. The van der Waals surface area contributed by atoms with E-state index in [0.29, 0.717) is 0 Å². The summed E-state index contributed by atoms with van der Waals surface area (Å²) in [5.41, 5.74) is 2.64. The third-order valence-corrected chi connectivity index (χ3v) is 12.3. The van der Waals surface area contributed by atoms with Crippen molar-refractivity contribution in [2.45, 2.75) is 90.3 Å². The van der Waals surface area contributed by atoms with Crippen LogP contribution in [-0.4, -0.2) is 8.07 Å². The average molecular weight is 253 g/mol. The van der Waals surface area contributed by atoms with Gasteiger partial charge in [-0.3, -0.25) is 0 Å². The fraction of sp³-hybridized carbons (Fsp3) is 0.875. The van der Waals surface area contributed by atoms with Crippen LogP contribution in [-0.2, 0) is 0 Å². The molecular formula is C16H32Si. The van der Waals surface area contributed by atoms with Crippen molar-refractivity contribution < 1.29 is 0 Å². The maximum Gasteiger partial charge on any atom is 0.0886 e. The van der Waals surface area contributed by atoms with Crippen LogP contribution in [0.5, 0.6) is 0 Å². The molecule has 0 atom stereocenters. The lowest BCUT2D eigenvalue weighted by Crippen LogP contribution is -2.46. The van der Waals surface area contributed by atoms with Crippen molar-refractivity contribution in [3.8, 4) is 0 Å². The van der Waals surface area contributed by atoms with Gasteiger partial charge in [-0.1, -0.05) is 59.2 Å². The van der Waals surface area contributed by atoms with Gasteiger partial charge in [0.1, 0.15) is 0 Å². The standard InChI is InChI=1S/C16H32Si/c1-13(2)17(14(3)4,15(5)6)16-11-9-7-8-10-12-16/h11,13-15H,7-10,12H2,1-6H3. The summed E-state index contributed by atoms with van der Waals surface area (Å²) in [6.07, 6.45) is 9.70. The molecule has 1 aliphatic rings. The van der Waals surface area contributed by atoms with Crippen LogP contribution in [0.25, 0.3) is 0 Å². The topological polar surface area (TPSA) is 0 Å². The van der Waals surface area contributed by atoms with Gasteiger partial charge in [-0.2, -0.15) is 0 Å². The van der Waals surface area contributed by atoms with Gasteiger partial charge in [0.05, 0.1) is 8.07 Å². The first-order valence-electron chi connectivity index (χ1n) is 7.63. The second-order valence-electron chi connectivity index (χ2n) is 6.73. The Morgan fingerprint density at radius 3 is 1.82 bits per heavy atom. The second-order valence-corrected chi connectivity index (χ2v) is 12.7. The molecule has 0 heterocycles. The summed E-state index contributed by atoms with van der Waals surface area (Å²) in [6.45, 7) is 14.9. The summed E-state index contributed by atoms with van der Waals surface area (Å²) < 4.78 is 0. The van der Waals surface area contributed by atoms with Crippen LogP contribution in [0.1, 0.15) is 73.6 Å². The Morgan fingerprint density at radius 2 is 1.35 bits per heavy atom. The van der Waals surface area contributed by atoms with Crippen molar-refractivity contribution in [3.63, 3.8) is 0 Å². The van der Waals surface area contributed by atoms with Crippen LogP contribution in [0.15, 0.2) is 11.3 Å². The molecule has 1 rings (SSSR count). The zero-order valence-corrected chi connectivity index (χ0v) is 13.8. The molecule has 0 saturated heterocycles. The third kappa shape index (κ3) is 2.86. The van der Waals surface area contributed by atoms with Crippen LogP contribution >= 0.6 is 0 Å². The minimum absolute atomic E-state index is 0.881. The highest BCUT2D eigenvalue weighted by molar-refractivity contribution is 6.89. The fourth-order valence-corrected chi connectivity index (χ4v) is 11.9. The molecule has 0 saturated carbocycles. The van der Waals surface area contributed by atoms with Crippen molar-refractivity contribution in [2.24, 2.45) is 0 Å². The lowest BCUT2D eigenvalue weighted by molar-refractivity contribution is 0.710. The molecule has 0 aromatic carbocycles. The van der Waals surface area contributed by atoms with Crippen LogP contribution in [0.2, 0.25) is 16.6 Å². The summed E-state index contributed by atoms with van der Waals surface area (Å²) >= 11 is 0. The lowest BCUT2D eigenvalue weighted by atomic mass is 10.2. The van der Waals surface area contributed by atoms with E-state index in [1.807, 2.05) is 5.20 Å². The molecule has 0 aromatic heterocycles. The normalized spacial score (nSPS) is 18.8. The molecule has 0 amide bonds. The molecule has 0 aliphatic heterocycles. The van der Waals surface area contributed by atoms with Crippen LogP contribution in [0.4, 0.5) is 0 Å². The number of hydrogen-bond acceptors (Lipinski definition) is 0. The first-order chi connectivity index (χ1) is 7.94. The molecule has 0 fully saturated rings. The Bertz CT molecular complexity index is 239. The Hall–Kier alpha value is -0.0431. The van der Waals surface area contributed by atoms with E-state index in [4.69, 9.17) is 0 Å². The minimum atomic E-state index is -1.30. The third-order valence-electron chi connectivity index (χ3n) is 4.96. The van der Waals surface area contributed by atoms with Gasteiger partial charge in [-0.15, -0.1) is 0 Å². The second kappa shape index (κ2) is 6.22. The number of hydrogen-bond donors (Lipinski definition) is 0. The van der Waals surface area contributed by atoms with Gasteiger partial charge in [0, 0.05) is 0 Å². The molecule has 0 nitrogen and oxygen atoms in total. The zero-order valence-electron chi connectivity index (χ0n) is 12.8. The van der Waals surface area contributed by atoms with E-state index in [1.165, 1.54) is 32.1 Å². The van der Waals surface area contributed by atoms with E-state index in [1.54, 1.807) is 0 Å². The molecule has 1 aliphatic carbocycles. The largest absolute Gasteiger partial charge is 0.0891 e. The first kappa shape index (κ1) is 15.0. The van der Waals surface area contributed by atoms with Crippen molar-refractivity contribution in [3.05, 3.63) is 11.3 Å². The summed E-state index contributed by atoms with van der Waals surface area (Å²) in [4.78, 5) is 0. The van der Waals surface area contributed by atoms with Crippen molar-refractivity contribution in [2.75, 3.05) is 0 Å². The molecule has 17 heavy (non-hydrogen) atoms. The van der Waals surface area contributed by atoms with Gasteiger partial charge in [0.15, 0.2) is 0 Å². The molecule has 0 aromatic rings. The highest BCUT2D eigenvalue weighted by Gasteiger charge is 2.45. The number of rotatable bonds is 4. The first-order valence-corrected chi connectivity index (χ1v) is 9.86. The van der Waals surface area contributed by atoms with E-state index in [0.717, 1.165) is 16.6 Å². The fourth-order valence-electron chi connectivity index (χ4n) is 4.52. The van der Waals surface area contributed by atoms with Gasteiger partial charge in [0.25, 0.3) is 0 Å². The van der Waals surface area contributed by atoms with Crippen molar-refractivity contribution >= 4 is 8.07 Å². The quantitative estimate of drug-likeness (QED) is 0.531. The monoisotopic (exact) mass is 252 g/mol. The van der Waals surface area contributed by atoms with E-state index in [-0.39, 0.29) is 0 Å². The molecule has 0 spiro atoms. The van der Waals surface area contributed by atoms with Crippen molar-refractivity contribution in [1.29, 1.82) is 0 Å². The van der Waals surface area contributed by atoms with Gasteiger partial charge >= 0.3 is 0 Å². The predicted molar refractivity (Wildman–Crippen MR) is 82.2 cm³/mol. The molecule has 100 valence electrons. The van der Waals surface area contributed by atoms with Gasteiger partial charge < -0.3 is 0 Å². The van der Waals surface area contributed by atoms with E-state index >= 15 is 0 Å². The summed E-state index contributed by atoms with van der Waals surface area (Å²) in [6, 6.07) is 0. The molecule has 0 unspecified atom stereocenters. The maximum absolute atomic E-state index is 2.65. The molecule has 0 N–H and O–H groups in total. The highest BCUT2D eigenvalue weighted by Crippen LogP contribution is 2.48. The van der Waals surface area contributed by atoms with E-state index in [9.17, 15) is 0 Å². The molecular weight excluding hydrogens is 220 g/mol. The lowest BCUT2D eigenvalue weighted by Gasteiger charge is -2.45. The Kier molecular flexibility index (Phi) is 5.49. The predicted octanol–water partition coefficient (Wildman–Crippen LogP) is 6.09. The Balaban J connectivity index is 3.15. The van der Waals surface area contributed by atoms with E-state index < -0.39 is 8.07 Å². The average Bonchev–Trinajstić information content (AvgIpc) is 2.45. The summed E-state index contributed by atoms with van der Waals surface area (Å²) in [5.74, 6) is 0. The van der Waals surface area contributed by atoms with E-state index in [2.05, 4.69) is 47.6 Å². The smallest absolute Gasteiger partial charge is 0.0886 e.